The van der Waals surface area contributed by atoms with Gasteiger partial charge in [0.25, 0.3) is 0 Å². The van der Waals surface area contributed by atoms with Crippen molar-refractivity contribution >= 4 is 11.8 Å². The largest absolute Gasteiger partial charge is 0.354 e. The molecule has 0 saturated carbocycles. The molecule has 3 rings (SSSR count). The second-order valence-electron chi connectivity index (χ2n) is 10.6. The zero-order valence-electron chi connectivity index (χ0n) is 22.5. The van der Waals surface area contributed by atoms with Crippen molar-refractivity contribution in [2.24, 2.45) is 0 Å². The highest BCUT2D eigenvalue weighted by Gasteiger charge is 2.30. The lowest BCUT2D eigenvalue weighted by Gasteiger charge is -2.32. The van der Waals surface area contributed by atoms with Gasteiger partial charge < -0.3 is 10.2 Å². The Labute approximate surface area is 220 Å². The van der Waals surface area contributed by atoms with E-state index in [1.54, 1.807) is 23.1 Å². The molecule has 0 aromatic heterocycles. The van der Waals surface area contributed by atoms with Crippen LogP contribution in [0, 0.1) is 5.82 Å². The van der Waals surface area contributed by atoms with Crippen LogP contribution in [0.15, 0.2) is 78.9 Å². The van der Waals surface area contributed by atoms with Crippen LogP contribution in [0.2, 0.25) is 0 Å². The molecule has 3 aromatic rings. The van der Waals surface area contributed by atoms with E-state index in [-0.39, 0.29) is 36.0 Å². The number of benzene rings is 3. The van der Waals surface area contributed by atoms with E-state index in [1.165, 1.54) is 11.6 Å². The number of aryl methyl sites for hydroxylation is 1. The lowest BCUT2D eigenvalue weighted by molar-refractivity contribution is -0.141. The van der Waals surface area contributed by atoms with Crippen LogP contribution in [0.25, 0.3) is 0 Å². The van der Waals surface area contributed by atoms with Crippen LogP contribution < -0.4 is 5.32 Å². The van der Waals surface area contributed by atoms with Crippen LogP contribution in [0.5, 0.6) is 0 Å². The molecule has 5 heteroatoms. The third kappa shape index (κ3) is 8.28. The molecular formula is C32H39FN2O2. The van der Waals surface area contributed by atoms with E-state index in [4.69, 9.17) is 0 Å². The number of hydrogen-bond acceptors (Lipinski definition) is 2. The zero-order chi connectivity index (χ0) is 26.8. The molecule has 0 spiro atoms. The molecule has 0 aliphatic carbocycles. The maximum absolute atomic E-state index is 14.7. The van der Waals surface area contributed by atoms with Crippen LogP contribution in [0.3, 0.4) is 0 Å². The summed E-state index contributed by atoms with van der Waals surface area (Å²) in [7, 11) is 0. The first-order valence-electron chi connectivity index (χ1n) is 13.1. The number of carbonyl (C=O) groups excluding carboxylic acids is 2. The third-order valence-corrected chi connectivity index (χ3v) is 6.57. The first-order valence-corrected chi connectivity index (χ1v) is 13.1. The van der Waals surface area contributed by atoms with Crippen LogP contribution in [0.4, 0.5) is 4.39 Å². The summed E-state index contributed by atoms with van der Waals surface area (Å²) >= 11 is 0. The van der Waals surface area contributed by atoms with Gasteiger partial charge in [0.05, 0.1) is 0 Å². The van der Waals surface area contributed by atoms with E-state index < -0.39 is 6.04 Å². The lowest BCUT2D eigenvalue weighted by atomic mass is 9.86. The molecule has 0 saturated heterocycles. The first kappa shape index (κ1) is 28.1. The minimum Gasteiger partial charge on any atom is -0.354 e. The van der Waals surface area contributed by atoms with Crippen molar-refractivity contribution in [3.05, 3.63) is 107 Å². The van der Waals surface area contributed by atoms with Crippen LogP contribution in [-0.2, 0) is 34.4 Å². The lowest BCUT2D eigenvalue weighted by Crippen LogP contribution is -2.50. The van der Waals surface area contributed by atoms with Crippen molar-refractivity contribution in [3.8, 4) is 0 Å². The van der Waals surface area contributed by atoms with Gasteiger partial charge in [0.1, 0.15) is 11.9 Å². The minimum atomic E-state index is -0.746. The van der Waals surface area contributed by atoms with Gasteiger partial charge in [0.2, 0.25) is 11.8 Å². The molecule has 0 heterocycles. The molecule has 0 aliphatic rings. The molecule has 0 radical (unpaired) electrons. The Morgan fingerprint density at radius 2 is 1.54 bits per heavy atom. The highest BCUT2D eigenvalue weighted by molar-refractivity contribution is 5.88. The SMILES string of the molecule is CCCNC(=O)[C@H](Cc1ccccc1)N(Cc1ccccc1F)C(=O)CCc1ccc(C(C)(C)C)cc1. The molecule has 0 bridgehead atoms. The second kappa shape index (κ2) is 13.2. The Morgan fingerprint density at radius 3 is 2.16 bits per heavy atom. The number of hydrogen-bond donors (Lipinski definition) is 1. The van der Waals surface area contributed by atoms with E-state index in [1.807, 2.05) is 37.3 Å². The topological polar surface area (TPSA) is 49.4 Å². The molecule has 0 unspecified atom stereocenters. The van der Waals surface area contributed by atoms with E-state index >= 15 is 0 Å². The number of nitrogens with zero attached hydrogens (tertiary/aromatic N) is 1. The smallest absolute Gasteiger partial charge is 0.243 e. The van der Waals surface area contributed by atoms with E-state index in [9.17, 15) is 14.0 Å². The first-order chi connectivity index (χ1) is 17.7. The van der Waals surface area contributed by atoms with E-state index in [2.05, 4.69) is 50.4 Å². The zero-order valence-corrected chi connectivity index (χ0v) is 22.5. The average Bonchev–Trinajstić information content (AvgIpc) is 2.89. The summed E-state index contributed by atoms with van der Waals surface area (Å²) in [6.07, 6.45) is 1.92. The molecule has 4 nitrogen and oxygen atoms in total. The van der Waals surface area contributed by atoms with Gasteiger partial charge in [-0.25, -0.2) is 4.39 Å². The molecule has 0 fully saturated rings. The number of nitrogens with one attached hydrogen (secondary N) is 1. The molecule has 2 amide bonds. The summed E-state index contributed by atoms with van der Waals surface area (Å²) in [5.74, 6) is -0.772. The van der Waals surface area contributed by atoms with Crippen molar-refractivity contribution in [2.75, 3.05) is 6.54 Å². The Bertz CT molecular complexity index is 1150. The van der Waals surface area contributed by atoms with E-state index in [0.717, 1.165) is 17.5 Å². The van der Waals surface area contributed by atoms with Crippen LogP contribution in [-0.4, -0.2) is 29.3 Å². The second-order valence-corrected chi connectivity index (χ2v) is 10.6. The Balaban J connectivity index is 1.87. The minimum absolute atomic E-state index is 0.0332. The molecule has 1 N–H and O–H groups in total. The van der Waals surface area contributed by atoms with Crippen molar-refractivity contribution in [2.45, 2.75) is 71.4 Å². The Kier molecular flexibility index (Phi) is 10.0. The summed E-state index contributed by atoms with van der Waals surface area (Å²) in [6, 6.07) is 23.7. The highest BCUT2D eigenvalue weighted by Crippen LogP contribution is 2.23. The molecule has 3 aromatic carbocycles. The van der Waals surface area contributed by atoms with Crippen molar-refractivity contribution < 1.29 is 14.0 Å². The molecule has 0 aliphatic heterocycles. The van der Waals surface area contributed by atoms with Gasteiger partial charge in [-0.1, -0.05) is 100 Å². The summed E-state index contributed by atoms with van der Waals surface area (Å²) in [5, 5.41) is 2.96. The number of amides is 2. The van der Waals surface area contributed by atoms with Gasteiger partial charge >= 0.3 is 0 Å². The van der Waals surface area contributed by atoms with Gasteiger partial charge in [-0.3, -0.25) is 9.59 Å². The number of rotatable bonds is 11. The summed E-state index contributed by atoms with van der Waals surface area (Å²) in [4.78, 5) is 28.6. The van der Waals surface area contributed by atoms with Crippen molar-refractivity contribution in [1.82, 2.24) is 10.2 Å². The van der Waals surface area contributed by atoms with Gasteiger partial charge in [0.15, 0.2) is 0 Å². The fourth-order valence-electron chi connectivity index (χ4n) is 4.30. The normalized spacial score (nSPS) is 12.1. The van der Waals surface area contributed by atoms with Gasteiger partial charge in [0, 0.05) is 31.5 Å². The summed E-state index contributed by atoms with van der Waals surface area (Å²) in [6.45, 7) is 9.05. The summed E-state index contributed by atoms with van der Waals surface area (Å²) in [5.41, 5.74) is 3.69. The number of carbonyl (C=O) groups is 2. The fraction of sp³-hybridized carbons (Fsp3) is 0.375. The molecule has 1 atom stereocenters. The standard InChI is InChI=1S/C32H39FN2O2/c1-5-21-34-31(37)29(22-25-11-7-6-8-12-25)35(23-26-13-9-10-14-28(26)33)30(36)20-17-24-15-18-27(19-16-24)32(2,3)4/h6-16,18-19,29H,5,17,20-23H2,1-4H3,(H,34,37)/t29-/m0/s1. The Morgan fingerprint density at radius 1 is 0.892 bits per heavy atom. The fourth-order valence-corrected chi connectivity index (χ4v) is 4.30. The molecule has 37 heavy (non-hydrogen) atoms. The van der Waals surface area contributed by atoms with Gasteiger partial charge in [-0.2, -0.15) is 0 Å². The predicted molar refractivity (Wildman–Crippen MR) is 148 cm³/mol. The molecular weight excluding hydrogens is 463 g/mol. The average molecular weight is 503 g/mol. The van der Waals surface area contributed by atoms with Gasteiger partial charge in [-0.15, -0.1) is 0 Å². The highest BCUT2D eigenvalue weighted by atomic mass is 19.1. The van der Waals surface area contributed by atoms with Crippen molar-refractivity contribution in [3.63, 3.8) is 0 Å². The van der Waals surface area contributed by atoms with Gasteiger partial charge in [-0.05, 0) is 41.0 Å². The number of halogens is 1. The maximum atomic E-state index is 14.7. The van der Waals surface area contributed by atoms with Crippen LogP contribution >= 0.6 is 0 Å². The summed E-state index contributed by atoms with van der Waals surface area (Å²) < 4.78 is 14.7. The Hall–Kier alpha value is -3.47. The van der Waals surface area contributed by atoms with Crippen LogP contribution in [0.1, 0.15) is 62.8 Å². The molecule has 196 valence electrons. The third-order valence-electron chi connectivity index (χ3n) is 6.57. The predicted octanol–water partition coefficient (Wildman–Crippen LogP) is 6.22. The van der Waals surface area contributed by atoms with E-state index in [0.29, 0.717) is 24.9 Å². The monoisotopic (exact) mass is 502 g/mol. The quantitative estimate of drug-likeness (QED) is 0.338. The van der Waals surface area contributed by atoms with Crippen molar-refractivity contribution in [1.29, 1.82) is 0 Å². The maximum Gasteiger partial charge on any atom is 0.243 e.